The summed E-state index contributed by atoms with van der Waals surface area (Å²) in [4.78, 5) is 12.4. The fraction of sp³-hybridized carbons (Fsp3) is 0.333. The molecule has 0 saturated carbocycles. The number of rotatable bonds is 4. The van der Waals surface area contributed by atoms with Crippen LogP contribution in [0.4, 0.5) is 17.6 Å². The lowest BCUT2D eigenvalue weighted by molar-refractivity contribution is -0.139. The normalized spacial score (nSPS) is 10.4. The van der Waals surface area contributed by atoms with Crippen molar-refractivity contribution in [1.29, 1.82) is 0 Å². The Bertz CT molecular complexity index is 415. The summed E-state index contributed by atoms with van der Waals surface area (Å²) in [6.45, 7) is 1.65. The third-order valence-corrected chi connectivity index (χ3v) is 2.62. The molecule has 8 heteroatoms. The van der Waals surface area contributed by atoms with Gasteiger partial charge in [-0.1, -0.05) is 0 Å². The van der Waals surface area contributed by atoms with Crippen LogP contribution in [-0.4, -0.2) is 23.3 Å². The lowest BCUT2D eigenvalue weighted by atomic mass is 10.4. The molecule has 0 aliphatic heterocycles. The maximum absolute atomic E-state index is 13.1. The van der Waals surface area contributed by atoms with Crippen LogP contribution in [-0.2, 0) is 9.53 Å². The summed E-state index contributed by atoms with van der Waals surface area (Å²) in [5.41, 5.74) is 0. The van der Waals surface area contributed by atoms with E-state index >= 15 is 0 Å². The molecular weight excluding hydrogens is 262 g/mol. The average Bonchev–Trinajstić information content (AvgIpc) is 2.27. The molecule has 0 aliphatic rings. The molecule has 1 heterocycles. The van der Waals surface area contributed by atoms with E-state index in [0.29, 0.717) is 11.8 Å². The van der Waals surface area contributed by atoms with Gasteiger partial charge in [0.15, 0.2) is 11.6 Å². The fourth-order valence-corrected chi connectivity index (χ4v) is 1.70. The number of carbonyl (C=O) groups excluding carboxylic acids is 1. The maximum Gasteiger partial charge on any atom is 0.316 e. The number of hydrogen-bond donors (Lipinski definition) is 0. The van der Waals surface area contributed by atoms with Gasteiger partial charge < -0.3 is 4.74 Å². The standard InChI is InChI=1S/C9H7F4NO2S/c1-2-16-4(15)3-17-7-5(10)8(12)14-9(13)6(7)11/h2-3H2,1H3. The molecule has 0 radical (unpaired) electrons. The molecule has 0 aromatic carbocycles. The highest BCUT2D eigenvalue weighted by atomic mass is 32.2. The average molecular weight is 269 g/mol. The van der Waals surface area contributed by atoms with E-state index in [1.165, 1.54) is 0 Å². The van der Waals surface area contributed by atoms with Crippen LogP contribution in [0, 0.1) is 23.5 Å². The molecule has 0 fully saturated rings. The zero-order valence-electron chi connectivity index (χ0n) is 8.60. The predicted octanol–water partition coefficient (Wildman–Crippen LogP) is 2.29. The van der Waals surface area contributed by atoms with Crippen molar-refractivity contribution in [2.24, 2.45) is 0 Å². The van der Waals surface area contributed by atoms with Gasteiger partial charge in [-0.2, -0.15) is 13.8 Å². The van der Waals surface area contributed by atoms with Gasteiger partial charge in [0.05, 0.1) is 17.3 Å². The van der Waals surface area contributed by atoms with Crippen LogP contribution in [0.5, 0.6) is 0 Å². The first-order chi connectivity index (χ1) is 7.97. The number of esters is 1. The second-order valence-corrected chi connectivity index (χ2v) is 3.73. The Morgan fingerprint density at radius 2 is 1.76 bits per heavy atom. The Labute approximate surface area is 98.2 Å². The van der Waals surface area contributed by atoms with E-state index < -0.39 is 40.1 Å². The molecule has 0 aliphatic carbocycles. The molecule has 0 bridgehead atoms. The van der Waals surface area contributed by atoms with Crippen LogP contribution >= 0.6 is 11.8 Å². The van der Waals surface area contributed by atoms with E-state index in [9.17, 15) is 22.4 Å². The number of aromatic nitrogens is 1. The highest BCUT2D eigenvalue weighted by Crippen LogP contribution is 2.27. The van der Waals surface area contributed by atoms with Crippen LogP contribution in [0.3, 0.4) is 0 Å². The first kappa shape index (κ1) is 13.8. The van der Waals surface area contributed by atoms with Gasteiger partial charge in [-0.05, 0) is 6.92 Å². The smallest absolute Gasteiger partial charge is 0.316 e. The maximum atomic E-state index is 13.1. The lowest BCUT2D eigenvalue weighted by Crippen LogP contribution is -2.08. The topological polar surface area (TPSA) is 39.2 Å². The number of halogens is 4. The minimum absolute atomic E-state index is 0.101. The molecule has 1 rings (SSSR count). The molecule has 0 spiro atoms. The SMILES string of the molecule is CCOC(=O)CSc1c(F)c(F)nc(F)c1F. The third-order valence-electron chi connectivity index (χ3n) is 1.60. The number of carbonyl (C=O) groups is 1. The van der Waals surface area contributed by atoms with Gasteiger partial charge in [0, 0.05) is 0 Å². The van der Waals surface area contributed by atoms with Gasteiger partial charge in [0.25, 0.3) is 11.9 Å². The van der Waals surface area contributed by atoms with Crippen molar-refractivity contribution in [2.75, 3.05) is 12.4 Å². The summed E-state index contributed by atoms with van der Waals surface area (Å²) < 4.78 is 56.0. The first-order valence-corrected chi connectivity index (χ1v) is 5.44. The molecule has 1 aromatic heterocycles. The van der Waals surface area contributed by atoms with E-state index in [0.717, 1.165) is 0 Å². The minimum atomic E-state index is -1.75. The number of pyridine rings is 1. The van der Waals surface area contributed by atoms with Gasteiger partial charge in [-0.3, -0.25) is 4.79 Å². The summed E-state index contributed by atoms with van der Waals surface area (Å²) in [5.74, 6) is -7.96. The van der Waals surface area contributed by atoms with Crippen LogP contribution in [0.15, 0.2) is 4.90 Å². The molecule has 94 valence electrons. The van der Waals surface area contributed by atoms with Gasteiger partial charge in [-0.15, -0.1) is 11.8 Å². The van der Waals surface area contributed by atoms with E-state index in [-0.39, 0.29) is 6.61 Å². The number of nitrogens with zero attached hydrogens (tertiary/aromatic N) is 1. The summed E-state index contributed by atoms with van der Waals surface area (Å²) in [6.07, 6.45) is 0. The van der Waals surface area contributed by atoms with Gasteiger partial charge in [0.1, 0.15) is 0 Å². The Balaban J connectivity index is 2.87. The Morgan fingerprint density at radius 3 is 2.24 bits per heavy atom. The summed E-state index contributed by atoms with van der Waals surface area (Å²) >= 11 is 0.306. The van der Waals surface area contributed by atoms with Crippen LogP contribution < -0.4 is 0 Å². The van der Waals surface area contributed by atoms with Crippen molar-refractivity contribution in [2.45, 2.75) is 11.8 Å². The van der Waals surface area contributed by atoms with E-state index in [4.69, 9.17) is 0 Å². The van der Waals surface area contributed by atoms with E-state index in [1.54, 1.807) is 6.92 Å². The van der Waals surface area contributed by atoms with Crippen LogP contribution in [0.25, 0.3) is 0 Å². The van der Waals surface area contributed by atoms with Gasteiger partial charge >= 0.3 is 5.97 Å². The molecule has 1 aromatic rings. The first-order valence-electron chi connectivity index (χ1n) is 4.45. The molecule has 0 amide bonds. The second-order valence-electron chi connectivity index (χ2n) is 2.74. The van der Waals surface area contributed by atoms with Crippen LogP contribution in [0.2, 0.25) is 0 Å². The lowest BCUT2D eigenvalue weighted by Gasteiger charge is -2.05. The Kier molecular flexibility index (Phi) is 4.73. The molecule has 0 atom stereocenters. The highest BCUT2D eigenvalue weighted by molar-refractivity contribution is 8.00. The second kappa shape index (κ2) is 5.85. The number of ether oxygens (including phenoxy) is 1. The molecular formula is C9H7F4NO2S. The Morgan fingerprint density at radius 1 is 1.24 bits per heavy atom. The van der Waals surface area contributed by atoms with E-state index in [1.807, 2.05) is 0 Å². The van der Waals surface area contributed by atoms with E-state index in [2.05, 4.69) is 9.72 Å². The zero-order valence-corrected chi connectivity index (χ0v) is 9.41. The largest absolute Gasteiger partial charge is 0.465 e. The highest BCUT2D eigenvalue weighted by Gasteiger charge is 2.21. The van der Waals surface area contributed by atoms with Crippen molar-refractivity contribution < 1.29 is 27.1 Å². The molecule has 17 heavy (non-hydrogen) atoms. The van der Waals surface area contributed by atoms with Crippen molar-refractivity contribution in [1.82, 2.24) is 4.98 Å². The third kappa shape index (κ3) is 3.32. The van der Waals surface area contributed by atoms with Gasteiger partial charge in [0.2, 0.25) is 0 Å². The Hall–Kier alpha value is -1.31. The number of hydrogen-bond acceptors (Lipinski definition) is 4. The van der Waals surface area contributed by atoms with Crippen molar-refractivity contribution in [3.8, 4) is 0 Å². The molecule has 0 N–H and O–H groups in total. The summed E-state index contributed by atoms with van der Waals surface area (Å²) in [5, 5.41) is 0. The van der Waals surface area contributed by atoms with Crippen LogP contribution in [0.1, 0.15) is 6.92 Å². The predicted molar refractivity (Wildman–Crippen MR) is 51.4 cm³/mol. The summed E-state index contributed by atoms with van der Waals surface area (Å²) in [7, 11) is 0. The molecule has 0 unspecified atom stereocenters. The van der Waals surface area contributed by atoms with Crippen molar-refractivity contribution in [3.63, 3.8) is 0 Å². The monoisotopic (exact) mass is 269 g/mol. The fourth-order valence-electron chi connectivity index (χ4n) is 0.929. The van der Waals surface area contributed by atoms with Crippen molar-refractivity contribution in [3.05, 3.63) is 23.5 Å². The zero-order chi connectivity index (χ0) is 13.0. The van der Waals surface area contributed by atoms with Gasteiger partial charge in [-0.25, -0.2) is 8.78 Å². The quantitative estimate of drug-likeness (QED) is 0.364. The molecule has 3 nitrogen and oxygen atoms in total. The summed E-state index contributed by atoms with van der Waals surface area (Å²) in [6, 6.07) is 0. The molecule has 0 saturated heterocycles. The van der Waals surface area contributed by atoms with Crippen molar-refractivity contribution >= 4 is 17.7 Å². The number of thioether (sulfide) groups is 1. The minimum Gasteiger partial charge on any atom is -0.465 e.